The Morgan fingerprint density at radius 2 is 2.14 bits per heavy atom. The molecule has 0 radical (unpaired) electrons. The number of nitrogen functional groups attached to an aromatic ring is 1. The van der Waals surface area contributed by atoms with E-state index < -0.39 is 0 Å². The fourth-order valence-electron chi connectivity index (χ4n) is 2.22. The molecule has 0 spiro atoms. The van der Waals surface area contributed by atoms with Crippen molar-refractivity contribution in [2.45, 2.75) is 32.7 Å². The van der Waals surface area contributed by atoms with Crippen molar-refractivity contribution in [1.29, 1.82) is 0 Å². The van der Waals surface area contributed by atoms with Crippen molar-refractivity contribution >= 4 is 22.9 Å². The van der Waals surface area contributed by atoms with Gasteiger partial charge in [0.1, 0.15) is 5.75 Å². The highest BCUT2D eigenvalue weighted by molar-refractivity contribution is 5.79. The number of rotatable bonds is 8. The maximum atomic E-state index is 5.98. The number of aryl methyl sites for hydroxylation is 1. The monoisotopic (exact) mass is 304 g/mol. The van der Waals surface area contributed by atoms with E-state index in [1.165, 1.54) is 0 Å². The third-order valence-corrected chi connectivity index (χ3v) is 3.35. The van der Waals surface area contributed by atoms with Gasteiger partial charge in [-0.1, -0.05) is 13.3 Å². The number of imidazole rings is 1. The van der Waals surface area contributed by atoms with Gasteiger partial charge < -0.3 is 26.5 Å². The Bertz CT molecular complexity index is 645. The number of aliphatic imine (C=N–C) groups is 1. The van der Waals surface area contributed by atoms with E-state index >= 15 is 0 Å². The number of hydrogen-bond donors (Lipinski definition) is 3. The summed E-state index contributed by atoms with van der Waals surface area (Å²) in [7, 11) is 0. The molecular weight excluding hydrogens is 280 g/mol. The molecule has 22 heavy (non-hydrogen) atoms. The van der Waals surface area contributed by atoms with Gasteiger partial charge in [-0.05, 0) is 18.6 Å². The number of nitrogens with zero attached hydrogens (tertiary/aromatic N) is 3. The highest BCUT2D eigenvalue weighted by atomic mass is 16.5. The lowest BCUT2D eigenvalue weighted by Crippen LogP contribution is -2.23. The van der Waals surface area contributed by atoms with Gasteiger partial charge in [-0.3, -0.25) is 4.99 Å². The topological polar surface area (TPSA) is 117 Å². The van der Waals surface area contributed by atoms with E-state index in [4.69, 9.17) is 21.9 Å². The molecule has 2 aromatic rings. The molecule has 7 nitrogen and oxygen atoms in total. The van der Waals surface area contributed by atoms with Crippen molar-refractivity contribution in [1.82, 2.24) is 9.55 Å². The van der Waals surface area contributed by atoms with Gasteiger partial charge in [-0.15, -0.1) is 0 Å². The molecule has 0 aliphatic carbocycles. The summed E-state index contributed by atoms with van der Waals surface area (Å²) in [6.07, 6.45) is 2.94. The second kappa shape index (κ2) is 7.53. The number of unbranched alkanes of at least 4 members (excludes halogenated alkanes) is 1. The Morgan fingerprint density at radius 3 is 2.86 bits per heavy atom. The number of guanidine groups is 1. The number of anilines is 1. The summed E-state index contributed by atoms with van der Waals surface area (Å²) < 4.78 is 7.76. The van der Waals surface area contributed by atoms with Crippen molar-refractivity contribution < 1.29 is 4.74 Å². The second-order valence-electron chi connectivity index (χ2n) is 5.13. The average molecular weight is 304 g/mol. The van der Waals surface area contributed by atoms with E-state index in [1.807, 2.05) is 22.8 Å². The van der Waals surface area contributed by atoms with Gasteiger partial charge in [0.2, 0.25) is 5.95 Å². The first-order valence-corrected chi connectivity index (χ1v) is 7.55. The van der Waals surface area contributed by atoms with Gasteiger partial charge in [0.25, 0.3) is 0 Å². The Labute approximate surface area is 130 Å². The van der Waals surface area contributed by atoms with Gasteiger partial charge in [0.05, 0.1) is 17.6 Å². The smallest absolute Gasteiger partial charge is 0.201 e. The molecule has 7 heteroatoms. The van der Waals surface area contributed by atoms with Crippen LogP contribution >= 0.6 is 0 Å². The predicted molar refractivity (Wildman–Crippen MR) is 89.8 cm³/mol. The molecule has 0 amide bonds. The van der Waals surface area contributed by atoms with Crippen LogP contribution in [0.1, 0.15) is 26.2 Å². The molecule has 0 aliphatic heterocycles. The Hall–Kier alpha value is -2.44. The lowest BCUT2D eigenvalue weighted by Gasteiger charge is -2.08. The van der Waals surface area contributed by atoms with Crippen molar-refractivity contribution in [3.8, 4) is 5.75 Å². The molecule has 1 aromatic carbocycles. The van der Waals surface area contributed by atoms with Crippen LogP contribution in [-0.2, 0) is 6.54 Å². The van der Waals surface area contributed by atoms with Gasteiger partial charge in [-0.2, -0.15) is 0 Å². The number of aromatic nitrogens is 2. The SMILES string of the molecule is CCCCn1c(N)nc2ccc(OCCCN=C(N)N)cc21. The highest BCUT2D eigenvalue weighted by Gasteiger charge is 2.08. The number of hydrogen-bond acceptors (Lipinski definition) is 4. The van der Waals surface area contributed by atoms with E-state index in [2.05, 4.69) is 16.9 Å². The normalized spacial score (nSPS) is 10.8. The molecule has 0 bridgehead atoms. The fourth-order valence-corrected chi connectivity index (χ4v) is 2.22. The van der Waals surface area contributed by atoms with Crippen LogP contribution in [0.2, 0.25) is 0 Å². The zero-order valence-electron chi connectivity index (χ0n) is 13.0. The Balaban J connectivity index is 2.03. The van der Waals surface area contributed by atoms with E-state index in [-0.39, 0.29) is 5.96 Å². The number of ether oxygens (including phenoxy) is 1. The van der Waals surface area contributed by atoms with E-state index in [1.54, 1.807) is 0 Å². The molecule has 0 atom stereocenters. The summed E-state index contributed by atoms with van der Waals surface area (Å²) in [6, 6.07) is 5.81. The molecule has 0 fully saturated rings. The van der Waals surface area contributed by atoms with E-state index in [0.29, 0.717) is 19.1 Å². The largest absolute Gasteiger partial charge is 0.493 e. The first-order valence-electron chi connectivity index (χ1n) is 7.55. The molecule has 0 saturated carbocycles. The predicted octanol–water partition coefficient (Wildman–Crippen LogP) is 1.46. The van der Waals surface area contributed by atoms with E-state index in [9.17, 15) is 0 Å². The van der Waals surface area contributed by atoms with Crippen molar-refractivity contribution in [2.24, 2.45) is 16.5 Å². The molecule has 1 heterocycles. The third-order valence-electron chi connectivity index (χ3n) is 3.35. The van der Waals surface area contributed by atoms with Gasteiger partial charge in [0.15, 0.2) is 5.96 Å². The van der Waals surface area contributed by atoms with Crippen LogP contribution < -0.4 is 21.9 Å². The molecule has 0 unspecified atom stereocenters. The summed E-state index contributed by atoms with van der Waals surface area (Å²) in [5.74, 6) is 1.46. The maximum Gasteiger partial charge on any atom is 0.201 e. The molecular formula is C15H24N6O. The van der Waals surface area contributed by atoms with Crippen molar-refractivity contribution in [3.63, 3.8) is 0 Å². The second-order valence-corrected chi connectivity index (χ2v) is 5.13. The number of nitrogens with two attached hydrogens (primary N) is 3. The maximum absolute atomic E-state index is 5.98. The minimum atomic E-state index is 0.108. The minimum Gasteiger partial charge on any atom is -0.493 e. The first-order chi connectivity index (χ1) is 10.6. The summed E-state index contributed by atoms with van der Waals surface area (Å²) >= 11 is 0. The van der Waals surface area contributed by atoms with Gasteiger partial charge in [0, 0.05) is 25.6 Å². The minimum absolute atomic E-state index is 0.108. The third kappa shape index (κ3) is 4.03. The van der Waals surface area contributed by atoms with Crippen LogP contribution in [0.15, 0.2) is 23.2 Å². The molecule has 0 saturated heterocycles. The van der Waals surface area contributed by atoms with Gasteiger partial charge in [-0.25, -0.2) is 4.98 Å². The van der Waals surface area contributed by atoms with Crippen LogP contribution in [0.3, 0.4) is 0 Å². The van der Waals surface area contributed by atoms with Crippen LogP contribution in [0, 0.1) is 0 Å². The summed E-state index contributed by atoms with van der Waals surface area (Å²) in [4.78, 5) is 8.29. The lowest BCUT2D eigenvalue weighted by atomic mass is 10.3. The zero-order valence-corrected chi connectivity index (χ0v) is 13.0. The van der Waals surface area contributed by atoms with Crippen LogP contribution in [-0.4, -0.2) is 28.7 Å². The van der Waals surface area contributed by atoms with Gasteiger partial charge >= 0.3 is 0 Å². The van der Waals surface area contributed by atoms with Crippen molar-refractivity contribution in [2.75, 3.05) is 18.9 Å². The summed E-state index contributed by atoms with van der Waals surface area (Å²) in [6.45, 7) is 4.14. The Morgan fingerprint density at radius 1 is 1.32 bits per heavy atom. The molecule has 6 N–H and O–H groups in total. The number of fused-ring (bicyclic) bond motifs is 1. The first kappa shape index (κ1) is 15.9. The number of benzene rings is 1. The average Bonchev–Trinajstić information content (AvgIpc) is 2.79. The summed E-state index contributed by atoms with van der Waals surface area (Å²) in [5, 5.41) is 0. The summed E-state index contributed by atoms with van der Waals surface area (Å²) in [5.41, 5.74) is 18.4. The quantitative estimate of drug-likeness (QED) is 0.388. The highest BCUT2D eigenvalue weighted by Crippen LogP contribution is 2.23. The fraction of sp³-hybridized carbons (Fsp3) is 0.467. The molecule has 120 valence electrons. The van der Waals surface area contributed by atoms with Crippen LogP contribution in [0.5, 0.6) is 5.75 Å². The van der Waals surface area contributed by atoms with Crippen LogP contribution in [0.4, 0.5) is 5.95 Å². The molecule has 2 rings (SSSR count). The Kier molecular flexibility index (Phi) is 5.46. The van der Waals surface area contributed by atoms with Crippen molar-refractivity contribution in [3.05, 3.63) is 18.2 Å². The van der Waals surface area contributed by atoms with Crippen LogP contribution in [0.25, 0.3) is 11.0 Å². The molecule has 1 aromatic heterocycles. The van der Waals surface area contributed by atoms with E-state index in [0.717, 1.165) is 42.6 Å². The lowest BCUT2D eigenvalue weighted by molar-refractivity contribution is 0.314. The zero-order chi connectivity index (χ0) is 15.9. The standard InChI is InChI=1S/C15H24N6O/c1-2-3-8-21-13-10-11(5-6-12(13)20-15(21)18)22-9-4-7-19-14(16)17/h5-6,10H,2-4,7-9H2,1H3,(H2,18,20)(H4,16,17,19). The molecule has 0 aliphatic rings.